The topological polar surface area (TPSA) is 118 Å². The molecule has 12 heteroatoms. The number of sulfonamides is 1. The Bertz CT molecular complexity index is 1870. The number of fused-ring (bicyclic) bond motifs is 1. The molecule has 1 aromatic heterocycles. The number of hydrogen-bond acceptors (Lipinski definition) is 6. The average molecular weight is 653 g/mol. The molecule has 2 aliphatic carbocycles. The quantitative estimate of drug-likeness (QED) is 0.382. The predicted molar refractivity (Wildman–Crippen MR) is 173 cm³/mol. The molecule has 0 unspecified atom stereocenters. The number of rotatable bonds is 7. The van der Waals surface area contributed by atoms with Gasteiger partial charge >= 0.3 is 6.09 Å². The van der Waals surface area contributed by atoms with Crippen molar-refractivity contribution in [2.45, 2.75) is 82.9 Å². The predicted octanol–water partition coefficient (Wildman–Crippen LogP) is 5.05. The molecule has 1 N–H and O–H groups in total. The van der Waals surface area contributed by atoms with E-state index in [1.807, 2.05) is 0 Å². The van der Waals surface area contributed by atoms with Crippen LogP contribution in [-0.2, 0) is 21.3 Å². The van der Waals surface area contributed by atoms with Gasteiger partial charge in [-0.2, -0.15) is 4.31 Å². The summed E-state index contributed by atoms with van der Waals surface area (Å²) in [6.07, 6.45) is 5.10. The van der Waals surface area contributed by atoms with Gasteiger partial charge in [-0.1, -0.05) is 6.07 Å². The molecule has 0 radical (unpaired) electrons. The van der Waals surface area contributed by atoms with E-state index in [-0.39, 0.29) is 58.4 Å². The smallest absolute Gasteiger partial charge is 0.410 e. The van der Waals surface area contributed by atoms with Gasteiger partial charge in [0.2, 0.25) is 10.0 Å². The molecular weight excluding hydrogens is 611 g/mol. The van der Waals surface area contributed by atoms with Crippen LogP contribution in [0.1, 0.15) is 68.8 Å². The Hall–Kier alpha value is -3.77. The number of hydrogen-bond donors (Lipinski definition) is 1. The van der Waals surface area contributed by atoms with Gasteiger partial charge in [-0.15, -0.1) is 0 Å². The highest BCUT2D eigenvalue weighted by Gasteiger charge is 2.33. The fourth-order valence-electron chi connectivity index (χ4n) is 5.83. The maximum Gasteiger partial charge on any atom is 0.410 e. The third-order valence-electron chi connectivity index (χ3n) is 8.76. The molecule has 3 aliphatic rings. The Labute approximate surface area is 268 Å². The second kappa shape index (κ2) is 12.1. The summed E-state index contributed by atoms with van der Waals surface area (Å²) >= 11 is 0. The summed E-state index contributed by atoms with van der Waals surface area (Å²) in [5, 5.41) is 3.36. The summed E-state index contributed by atoms with van der Waals surface area (Å²) < 4.78 is 52.3. The van der Waals surface area contributed by atoms with Crippen molar-refractivity contribution in [3.05, 3.63) is 63.8 Å². The first kappa shape index (κ1) is 32.2. The van der Waals surface area contributed by atoms with E-state index < -0.39 is 27.5 Å². The first-order chi connectivity index (χ1) is 21.7. The van der Waals surface area contributed by atoms with Gasteiger partial charge in [0.05, 0.1) is 0 Å². The molecule has 2 aromatic carbocycles. The van der Waals surface area contributed by atoms with Crippen molar-refractivity contribution in [3.8, 4) is 11.1 Å². The molecule has 246 valence electrons. The molecule has 2 saturated carbocycles. The zero-order chi connectivity index (χ0) is 33.0. The van der Waals surface area contributed by atoms with Crippen molar-refractivity contribution < 1.29 is 27.1 Å². The standard InChI is InChI=1S/C34H41FN4O6S/c1-21-27(17-24(18-29(21)35)31(40)36-25-9-10-25)23-8-11-26-28(16-23)30(20-38(32(26)41)19-22-6-7-22)46(43,44)39-13-5-12-37(14-15-39)33(42)45-34(2,3)4/h8,11,16-18,20,22,25H,5-7,9-10,12-15,19H2,1-4H3,(H,36,40). The number of nitrogens with zero attached hydrogens (tertiary/aromatic N) is 3. The lowest BCUT2D eigenvalue weighted by molar-refractivity contribution is 0.0260. The molecule has 1 saturated heterocycles. The van der Waals surface area contributed by atoms with Gasteiger partial charge in [0.1, 0.15) is 16.3 Å². The monoisotopic (exact) mass is 652 g/mol. The largest absolute Gasteiger partial charge is 0.444 e. The maximum atomic E-state index is 15.2. The van der Waals surface area contributed by atoms with Crippen molar-refractivity contribution in [2.24, 2.45) is 5.92 Å². The van der Waals surface area contributed by atoms with Crippen LogP contribution in [0.3, 0.4) is 0 Å². The van der Waals surface area contributed by atoms with Crippen LogP contribution in [0.5, 0.6) is 0 Å². The van der Waals surface area contributed by atoms with Gasteiger partial charge in [0, 0.05) is 61.3 Å². The van der Waals surface area contributed by atoms with Crippen LogP contribution < -0.4 is 10.9 Å². The molecule has 3 aromatic rings. The highest BCUT2D eigenvalue weighted by molar-refractivity contribution is 7.89. The number of benzene rings is 2. The van der Waals surface area contributed by atoms with Crippen LogP contribution in [0.2, 0.25) is 0 Å². The lowest BCUT2D eigenvalue weighted by Crippen LogP contribution is -2.40. The van der Waals surface area contributed by atoms with Crippen LogP contribution in [-0.4, -0.2) is 72.0 Å². The zero-order valence-corrected chi connectivity index (χ0v) is 27.6. The molecule has 1 aliphatic heterocycles. The lowest BCUT2D eigenvalue weighted by Gasteiger charge is -2.26. The molecule has 0 spiro atoms. The molecule has 46 heavy (non-hydrogen) atoms. The average Bonchev–Trinajstić information content (AvgIpc) is 3.90. The molecule has 0 atom stereocenters. The summed E-state index contributed by atoms with van der Waals surface area (Å²) in [6.45, 7) is 8.14. The van der Waals surface area contributed by atoms with E-state index >= 15 is 4.39 Å². The number of aromatic nitrogens is 1. The highest BCUT2D eigenvalue weighted by Crippen LogP contribution is 2.34. The van der Waals surface area contributed by atoms with E-state index in [1.165, 1.54) is 26.0 Å². The normalized spacial score (nSPS) is 18.0. The minimum Gasteiger partial charge on any atom is -0.444 e. The Kier molecular flexibility index (Phi) is 8.47. The van der Waals surface area contributed by atoms with Gasteiger partial charge in [-0.25, -0.2) is 17.6 Å². The fourth-order valence-corrected chi connectivity index (χ4v) is 7.51. The molecule has 2 amide bonds. The number of carbonyl (C=O) groups excluding carboxylic acids is 2. The highest BCUT2D eigenvalue weighted by atomic mass is 32.2. The van der Waals surface area contributed by atoms with E-state index in [1.54, 1.807) is 52.0 Å². The minimum absolute atomic E-state index is 0.0175. The van der Waals surface area contributed by atoms with Gasteiger partial charge in [0.15, 0.2) is 0 Å². The van der Waals surface area contributed by atoms with Gasteiger partial charge in [0.25, 0.3) is 11.5 Å². The summed E-state index contributed by atoms with van der Waals surface area (Å²) in [4.78, 5) is 40.7. The van der Waals surface area contributed by atoms with Crippen LogP contribution in [0.4, 0.5) is 9.18 Å². The lowest BCUT2D eigenvalue weighted by atomic mass is 9.95. The van der Waals surface area contributed by atoms with E-state index in [0.717, 1.165) is 25.7 Å². The number of halogens is 1. The molecule has 10 nitrogen and oxygen atoms in total. The van der Waals surface area contributed by atoms with Gasteiger partial charge in [-0.3, -0.25) is 9.59 Å². The maximum absolute atomic E-state index is 15.2. The molecular formula is C34H41FN4O6S. The van der Waals surface area contributed by atoms with Gasteiger partial charge in [-0.05, 0) is 107 Å². The number of amides is 2. The van der Waals surface area contributed by atoms with Crippen LogP contribution in [0.15, 0.2) is 46.2 Å². The Morgan fingerprint density at radius 2 is 1.74 bits per heavy atom. The van der Waals surface area contributed by atoms with Crippen molar-refractivity contribution in [3.63, 3.8) is 0 Å². The van der Waals surface area contributed by atoms with E-state index in [4.69, 9.17) is 4.74 Å². The first-order valence-electron chi connectivity index (χ1n) is 16.0. The fraction of sp³-hybridized carbons (Fsp3) is 0.500. The van der Waals surface area contributed by atoms with Gasteiger partial charge < -0.3 is 19.5 Å². The summed E-state index contributed by atoms with van der Waals surface area (Å²) in [5.74, 6) is -0.595. The van der Waals surface area contributed by atoms with Crippen LogP contribution in [0.25, 0.3) is 21.9 Å². The third-order valence-corrected chi connectivity index (χ3v) is 10.7. The van der Waals surface area contributed by atoms with Crippen molar-refractivity contribution in [2.75, 3.05) is 26.2 Å². The molecule has 0 bridgehead atoms. The van der Waals surface area contributed by atoms with Crippen LogP contribution in [0, 0.1) is 18.7 Å². The third kappa shape index (κ3) is 6.83. The summed E-state index contributed by atoms with van der Waals surface area (Å²) in [6, 6.07) is 7.80. The number of ether oxygens (including phenoxy) is 1. The van der Waals surface area contributed by atoms with Crippen molar-refractivity contribution >= 4 is 32.8 Å². The first-order valence-corrected chi connectivity index (χ1v) is 17.4. The summed E-state index contributed by atoms with van der Waals surface area (Å²) in [7, 11) is -4.14. The van der Waals surface area contributed by atoms with E-state index in [0.29, 0.717) is 42.1 Å². The molecule has 3 fully saturated rings. The zero-order valence-electron chi connectivity index (χ0n) is 26.8. The number of carbonyl (C=O) groups is 2. The Morgan fingerprint density at radius 3 is 2.41 bits per heavy atom. The second-order valence-electron chi connectivity index (χ2n) is 13.8. The Morgan fingerprint density at radius 1 is 1.00 bits per heavy atom. The second-order valence-corrected chi connectivity index (χ2v) is 15.7. The summed E-state index contributed by atoms with van der Waals surface area (Å²) in [5.41, 5.74) is 0.451. The molecule has 2 heterocycles. The number of nitrogens with one attached hydrogen (secondary N) is 1. The van der Waals surface area contributed by atoms with Crippen molar-refractivity contribution in [1.29, 1.82) is 0 Å². The molecule has 6 rings (SSSR count). The van der Waals surface area contributed by atoms with E-state index in [9.17, 15) is 22.8 Å². The van der Waals surface area contributed by atoms with E-state index in [2.05, 4.69) is 5.32 Å². The Balaban J connectivity index is 1.41. The SMILES string of the molecule is Cc1c(F)cc(C(=O)NC2CC2)cc1-c1ccc2c(=O)n(CC3CC3)cc(S(=O)(=O)N3CCCN(C(=O)OC(C)(C)C)CC3)c2c1. The van der Waals surface area contributed by atoms with Crippen LogP contribution >= 0.6 is 0 Å². The number of pyridine rings is 1. The minimum atomic E-state index is -4.14. The van der Waals surface area contributed by atoms with Crippen molar-refractivity contribution in [1.82, 2.24) is 19.1 Å².